The fourth-order valence-electron chi connectivity index (χ4n) is 2.08. The molecule has 7 heteroatoms. The summed E-state index contributed by atoms with van der Waals surface area (Å²) in [7, 11) is 0. The molecule has 4 nitrogen and oxygen atoms in total. The minimum absolute atomic E-state index is 0.0364. The fraction of sp³-hybridized carbons (Fsp3) is 0.231. The number of halogens is 3. The first-order valence-electron chi connectivity index (χ1n) is 5.77. The van der Waals surface area contributed by atoms with Gasteiger partial charge in [0.25, 0.3) is 0 Å². The van der Waals surface area contributed by atoms with Gasteiger partial charge in [-0.2, -0.15) is 13.2 Å². The lowest BCUT2D eigenvalue weighted by Gasteiger charge is -2.12. The van der Waals surface area contributed by atoms with E-state index in [1.807, 2.05) is 0 Å². The average Bonchev–Trinajstić information content (AvgIpc) is 2.59. The molecule has 1 aliphatic heterocycles. The number of fused-ring (bicyclic) bond motifs is 3. The van der Waals surface area contributed by atoms with Gasteiger partial charge in [0.05, 0.1) is 11.1 Å². The molecule has 0 aliphatic carbocycles. The number of ether oxygens (including phenoxy) is 2. The Kier molecular flexibility index (Phi) is 2.77. The summed E-state index contributed by atoms with van der Waals surface area (Å²) in [6, 6.07) is 3.64. The summed E-state index contributed by atoms with van der Waals surface area (Å²) in [6.07, 6.45) is -3.47. The lowest BCUT2D eigenvalue weighted by Crippen LogP contribution is -2.08. The van der Waals surface area contributed by atoms with Crippen molar-refractivity contribution in [3.8, 4) is 5.75 Å². The summed E-state index contributed by atoms with van der Waals surface area (Å²) >= 11 is 0. The molecule has 0 radical (unpaired) electrons. The molecule has 0 amide bonds. The van der Waals surface area contributed by atoms with E-state index in [2.05, 4.69) is 4.98 Å². The Morgan fingerprint density at radius 3 is 2.65 bits per heavy atom. The van der Waals surface area contributed by atoms with Gasteiger partial charge >= 0.3 is 12.1 Å². The first kappa shape index (κ1) is 12.7. The molecule has 0 N–H and O–H groups in total. The molecule has 104 valence electrons. The van der Waals surface area contributed by atoms with Crippen molar-refractivity contribution < 1.29 is 27.4 Å². The fourth-order valence-corrected chi connectivity index (χ4v) is 2.08. The van der Waals surface area contributed by atoms with Gasteiger partial charge in [-0.15, -0.1) is 0 Å². The van der Waals surface area contributed by atoms with Crippen LogP contribution in [0.5, 0.6) is 5.75 Å². The van der Waals surface area contributed by atoms with Crippen LogP contribution >= 0.6 is 0 Å². The van der Waals surface area contributed by atoms with Crippen molar-refractivity contribution in [2.24, 2.45) is 0 Å². The second-order valence-electron chi connectivity index (χ2n) is 4.18. The lowest BCUT2D eigenvalue weighted by molar-refractivity contribution is -0.136. The van der Waals surface area contributed by atoms with Crippen LogP contribution in [0.2, 0.25) is 0 Å². The van der Waals surface area contributed by atoms with Crippen molar-refractivity contribution in [2.75, 3.05) is 13.2 Å². The van der Waals surface area contributed by atoms with Gasteiger partial charge in [0.1, 0.15) is 24.5 Å². The zero-order chi connectivity index (χ0) is 14.3. The molecule has 0 spiro atoms. The van der Waals surface area contributed by atoms with Crippen molar-refractivity contribution in [1.29, 1.82) is 0 Å². The maximum Gasteiger partial charge on any atom is 0.418 e. The highest BCUT2D eigenvalue weighted by Gasteiger charge is 2.34. The number of carbonyl (C=O) groups is 1. The first-order chi connectivity index (χ1) is 9.48. The molecule has 1 aliphatic rings. The van der Waals surface area contributed by atoms with E-state index in [9.17, 15) is 18.0 Å². The highest BCUT2D eigenvalue weighted by Crippen LogP contribution is 2.38. The SMILES string of the molecule is O=C1OCCOc2c1cnc1c(C(F)(F)F)cccc21. The third-order valence-electron chi connectivity index (χ3n) is 2.94. The van der Waals surface area contributed by atoms with Gasteiger partial charge in [0, 0.05) is 11.6 Å². The maximum atomic E-state index is 12.9. The summed E-state index contributed by atoms with van der Waals surface area (Å²) in [5.74, 6) is -0.562. The Hall–Kier alpha value is -2.31. The second kappa shape index (κ2) is 4.36. The number of rotatable bonds is 0. The molecule has 1 aromatic heterocycles. The number of aromatic nitrogens is 1. The van der Waals surface area contributed by atoms with Crippen molar-refractivity contribution in [2.45, 2.75) is 6.18 Å². The molecule has 20 heavy (non-hydrogen) atoms. The number of nitrogens with zero attached hydrogens (tertiary/aromatic N) is 1. The third-order valence-corrected chi connectivity index (χ3v) is 2.94. The van der Waals surface area contributed by atoms with E-state index in [0.717, 1.165) is 12.3 Å². The quantitative estimate of drug-likeness (QED) is 0.698. The minimum atomic E-state index is -4.52. The number of alkyl halides is 3. The van der Waals surface area contributed by atoms with Crippen molar-refractivity contribution in [1.82, 2.24) is 4.98 Å². The van der Waals surface area contributed by atoms with Crippen LogP contribution in [-0.4, -0.2) is 24.2 Å². The van der Waals surface area contributed by atoms with E-state index in [-0.39, 0.29) is 35.4 Å². The number of benzene rings is 1. The smallest absolute Gasteiger partial charge is 0.418 e. The molecule has 0 unspecified atom stereocenters. The minimum Gasteiger partial charge on any atom is -0.488 e. The van der Waals surface area contributed by atoms with Crippen LogP contribution in [0.3, 0.4) is 0 Å². The summed E-state index contributed by atoms with van der Waals surface area (Å²) in [5, 5.41) is 0.149. The Morgan fingerprint density at radius 2 is 1.90 bits per heavy atom. The van der Waals surface area contributed by atoms with Gasteiger partial charge in [-0.05, 0) is 12.1 Å². The largest absolute Gasteiger partial charge is 0.488 e. The normalized spacial score (nSPS) is 15.2. The summed E-state index contributed by atoms with van der Waals surface area (Å²) < 4.78 is 49.0. The molecule has 0 bridgehead atoms. The highest BCUT2D eigenvalue weighted by molar-refractivity contribution is 6.00. The molecule has 0 saturated carbocycles. The zero-order valence-electron chi connectivity index (χ0n) is 10.0. The van der Waals surface area contributed by atoms with Crippen LogP contribution in [0.25, 0.3) is 10.9 Å². The van der Waals surface area contributed by atoms with Gasteiger partial charge in [-0.1, -0.05) is 6.07 Å². The average molecular weight is 283 g/mol. The number of hydrogen-bond acceptors (Lipinski definition) is 4. The number of cyclic esters (lactones) is 1. The van der Waals surface area contributed by atoms with Gasteiger partial charge < -0.3 is 9.47 Å². The number of carbonyl (C=O) groups excluding carboxylic acids is 1. The van der Waals surface area contributed by atoms with Crippen LogP contribution < -0.4 is 4.74 Å². The van der Waals surface area contributed by atoms with Gasteiger partial charge in [0.2, 0.25) is 0 Å². The van der Waals surface area contributed by atoms with Crippen molar-refractivity contribution >= 4 is 16.9 Å². The topological polar surface area (TPSA) is 48.4 Å². The van der Waals surface area contributed by atoms with E-state index in [0.29, 0.717) is 0 Å². The zero-order valence-corrected chi connectivity index (χ0v) is 10.0. The van der Waals surface area contributed by atoms with Crippen molar-refractivity contribution in [3.63, 3.8) is 0 Å². The molecule has 0 atom stereocenters. The number of esters is 1. The number of para-hydroxylation sites is 1. The molecule has 2 heterocycles. The van der Waals surface area contributed by atoms with E-state index < -0.39 is 17.7 Å². The lowest BCUT2D eigenvalue weighted by atomic mass is 10.1. The van der Waals surface area contributed by atoms with Gasteiger partial charge in [-0.3, -0.25) is 4.98 Å². The van der Waals surface area contributed by atoms with Gasteiger partial charge in [0.15, 0.2) is 0 Å². The molecule has 0 saturated heterocycles. The molecule has 1 aromatic carbocycles. The number of hydrogen-bond donors (Lipinski definition) is 0. The van der Waals surface area contributed by atoms with E-state index in [1.165, 1.54) is 12.1 Å². The van der Waals surface area contributed by atoms with E-state index >= 15 is 0 Å². The third kappa shape index (κ3) is 1.95. The Bertz CT molecular complexity index is 697. The summed E-state index contributed by atoms with van der Waals surface area (Å²) in [5.41, 5.74) is -1.07. The monoisotopic (exact) mass is 283 g/mol. The van der Waals surface area contributed by atoms with Gasteiger partial charge in [-0.25, -0.2) is 4.79 Å². The van der Waals surface area contributed by atoms with Crippen LogP contribution in [-0.2, 0) is 10.9 Å². The predicted octanol–water partition coefficient (Wildman–Crippen LogP) is 2.80. The molecule has 0 fully saturated rings. The molecular weight excluding hydrogens is 275 g/mol. The summed E-state index contributed by atoms with van der Waals surface area (Å²) in [6.45, 7) is 0.141. The molecular formula is C13H8F3NO3. The standard InChI is InChI=1S/C13H8F3NO3/c14-13(15,16)9-3-1-2-7-10(9)17-6-8-11(7)19-4-5-20-12(8)18/h1-3,6H,4-5H2. The summed E-state index contributed by atoms with van der Waals surface area (Å²) in [4.78, 5) is 15.4. The van der Waals surface area contributed by atoms with Crippen LogP contribution in [0.4, 0.5) is 13.2 Å². The predicted molar refractivity (Wildman–Crippen MR) is 62.5 cm³/mol. The van der Waals surface area contributed by atoms with E-state index in [4.69, 9.17) is 9.47 Å². The Morgan fingerprint density at radius 1 is 1.15 bits per heavy atom. The van der Waals surface area contributed by atoms with E-state index in [1.54, 1.807) is 0 Å². The highest BCUT2D eigenvalue weighted by atomic mass is 19.4. The number of pyridine rings is 1. The Labute approximate surface area is 111 Å². The van der Waals surface area contributed by atoms with Crippen LogP contribution in [0, 0.1) is 0 Å². The first-order valence-corrected chi connectivity index (χ1v) is 5.77. The van der Waals surface area contributed by atoms with Crippen LogP contribution in [0.1, 0.15) is 15.9 Å². The maximum absolute atomic E-state index is 12.9. The second-order valence-corrected chi connectivity index (χ2v) is 4.18. The van der Waals surface area contributed by atoms with Crippen molar-refractivity contribution in [3.05, 3.63) is 35.5 Å². The molecule has 2 aromatic rings. The molecule has 3 rings (SSSR count). The Balaban J connectivity index is 2.32. The van der Waals surface area contributed by atoms with Crippen LogP contribution in [0.15, 0.2) is 24.4 Å².